The van der Waals surface area contributed by atoms with Crippen molar-refractivity contribution >= 4 is 5.97 Å². The molecule has 0 amide bonds. The fourth-order valence-electron chi connectivity index (χ4n) is 2.38. The lowest BCUT2D eigenvalue weighted by Gasteiger charge is -2.18. The lowest BCUT2D eigenvalue weighted by Crippen LogP contribution is -2.29. The molecular formula is C13H19NO4. The number of aliphatic hydroxyl groups is 1. The van der Waals surface area contributed by atoms with Crippen molar-refractivity contribution in [2.24, 2.45) is 5.92 Å². The number of furan rings is 1. The van der Waals surface area contributed by atoms with Crippen molar-refractivity contribution in [2.45, 2.75) is 38.3 Å². The van der Waals surface area contributed by atoms with Gasteiger partial charge in [0.2, 0.25) is 5.76 Å². The van der Waals surface area contributed by atoms with Crippen LogP contribution in [0.1, 0.15) is 48.5 Å². The molecule has 0 aliphatic heterocycles. The Balaban J connectivity index is 1.86. The summed E-state index contributed by atoms with van der Waals surface area (Å²) < 4.78 is 5.22. The Bertz CT molecular complexity index is 415. The fourth-order valence-corrected chi connectivity index (χ4v) is 2.38. The summed E-state index contributed by atoms with van der Waals surface area (Å²) in [5, 5.41) is 21.8. The van der Waals surface area contributed by atoms with Crippen molar-refractivity contribution in [3.63, 3.8) is 0 Å². The number of carboxylic acids is 1. The van der Waals surface area contributed by atoms with Gasteiger partial charge in [-0.1, -0.05) is 6.42 Å². The maximum atomic E-state index is 10.7. The van der Waals surface area contributed by atoms with Crippen LogP contribution in [0.2, 0.25) is 0 Å². The van der Waals surface area contributed by atoms with Crippen molar-refractivity contribution in [3.05, 3.63) is 23.7 Å². The highest BCUT2D eigenvalue weighted by molar-refractivity contribution is 5.84. The molecule has 1 fully saturated rings. The van der Waals surface area contributed by atoms with E-state index in [4.69, 9.17) is 9.52 Å². The lowest BCUT2D eigenvalue weighted by atomic mass is 10.1. The van der Waals surface area contributed by atoms with Gasteiger partial charge in [-0.05, 0) is 37.8 Å². The first-order chi connectivity index (χ1) is 8.58. The van der Waals surface area contributed by atoms with Gasteiger partial charge in [0.1, 0.15) is 5.76 Å². The highest BCUT2D eigenvalue weighted by Crippen LogP contribution is 2.25. The van der Waals surface area contributed by atoms with Crippen LogP contribution in [0.5, 0.6) is 0 Å². The highest BCUT2D eigenvalue weighted by Gasteiger charge is 2.25. The largest absolute Gasteiger partial charge is 0.475 e. The lowest BCUT2D eigenvalue weighted by molar-refractivity contribution is 0.0659. The van der Waals surface area contributed by atoms with Crippen molar-refractivity contribution in [1.29, 1.82) is 0 Å². The van der Waals surface area contributed by atoms with Crippen LogP contribution in [0.15, 0.2) is 16.5 Å². The molecule has 1 saturated carbocycles. The summed E-state index contributed by atoms with van der Waals surface area (Å²) in [6, 6.07) is 3.08. The number of carbonyl (C=O) groups is 1. The molecule has 5 heteroatoms. The van der Waals surface area contributed by atoms with E-state index < -0.39 is 5.97 Å². The minimum absolute atomic E-state index is 0.0421. The Morgan fingerprint density at radius 2 is 2.33 bits per heavy atom. The third-order valence-electron chi connectivity index (χ3n) is 3.57. The summed E-state index contributed by atoms with van der Waals surface area (Å²) in [5.74, 6) is -0.194. The van der Waals surface area contributed by atoms with Crippen LogP contribution >= 0.6 is 0 Å². The zero-order chi connectivity index (χ0) is 13.1. The topological polar surface area (TPSA) is 82.7 Å². The second kappa shape index (κ2) is 5.54. The Kier molecular flexibility index (Phi) is 4.04. The first-order valence-corrected chi connectivity index (χ1v) is 6.32. The normalized spacial score (nSPS) is 25.2. The Hall–Kier alpha value is -1.33. The van der Waals surface area contributed by atoms with E-state index in [1.807, 2.05) is 6.92 Å². The van der Waals surface area contributed by atoms with E-state index in [1.165, 1.54) is 6.07 Å². The summed E-state index contributed by atoms with van der Waals surface area (Å²) in [7, 11) is 0. The van der Waals surface area contributed by atoms with E-state index in [2.05, 4.69) is 5.32 Å². The van der Waals surface area contributed by atoms with Gasteiger partial charge in [0.05, 0.1) is 12.1 Å². The Morgan fingerprint density at radius 3 is 2.89 bits per heavy atom. The van der Waals surface area contributed by atoms with E-state index >= 15 is 0 Å². The Morgan fingerprint density at radius 1 is 1.56 bits per heavy atom. The van der Waals surface area contributed by atoms with Gasteiger partial charge in [-0.3, -0.25) is 0 Å². The van der Waals surface area contributed by atoms with Crippen LogP contribution in [0.4, 0.5) is 0 Å². The number of aliphatic hydroxyl groups excluding tert-OH is 1. The third kappa shape index (κ3) is 2.91. The number of hydrogen-bond donors (Lipinski definition) is 3. The minimum atomic E-state index is -1.06. The monoisotopic (exact) mass is 253 g/mol. The molecule has 3 atom stereocenters. The third-order valence-corrected chi connectivity index (χ3v) is 3.57. The molecule has 3 unspecified atom stereocenters. The van der Waals surface area contributed by atoms with E-state index in [0.29, 0.717) is 11.7 Å². The molecular weight excluding hydrogens is 234 g/mol. The quantitative estimate of drug-likeness (QED) is 0.745. The standard InChI is InChI=1S/C13H19NO4/c1-8(11-5-6-12(18-11)13(16)17)14-7-9-3-2-4-10(9)15/h5-6,8-10,14-15H,2-4,7H2,1H3,(H,16,17). The predicted octanol–water partition coefficient (Wildman–Crippen LogP) is 1.79. The van der Waals surface area contributed by atoms with Crippen LogP contribution in [0.3, 0.4) is 0 Å². The summed E-state index contributed by atoms with van der Waals surface area (Å²) in [4.78, 5) is 10.7. The average molecular weight is 253 g/mol. The zero-order valence-electron chi connectivity index (χ0n) is 10.4. The molecule has 1 aromatic heterocycles. The van der Waals surface area contributed by atoms with Gasteiger partial charge in [-0.2, -0.15) is 0 Å². The van der Waals surface area contributed by atoms with Crippen molar-refractivity contribution in [2.75, 3.05) is 6.54 Å². The number of rotatable bonds is 5. The van der Waals surface area contributed by atoms with Crippen LogP contribution in [0, 0.1) is 5.92 Å². The molecule has 0 saturated heterocycles. The van der Waals surface area contributed by atoms with Crippen LogP contribution in [-0.2, 0) is 0 Å². The summed E-state index contributed by atoms with van der Waals surface area (Å²) in [6.45, 7) is 2.65. The summed E-state index contributed by atoms with van der Waals surface area (Å²) in [6.07, 6.45) is 2.78. The number of nitrogens with one attached hydrogen (secondary N) is 1. The first-order valence-electron chi connectivity index (χ1n) is 6.32. The zero-order valence-corrected chi connectivity index (χ0v) is 10.4. The molecule has 0 aromatic carbocycles. The molecule has 3 N–H and O–H groups in total. The summed E-state index contributed by atoms with van der Waals surface area (Å²) in [5.41, 5.74) is 0. The van der Waals surface area contributed by atoms with Crippen LogP contribution in [-0.4, -0.2) is 28.8 Å². The second-order valence-corrected chi connectivity index (χ2v) is 4.90. The molecule has 1 aliphatic carbocycles. The molecule has 100 valence electrons. The molecule has 5 nitrogen and oxygen atoms in total. The van der Waals surface area contributed by atoms with Crippen molar-refractivity contribution in [3.8, 4) is 0 Å². The van der Waals surface area contributed by atoms with Gasteiger partial charge in [0, 0.05) is 6.54 Å². The van der Waals surface area contributed by atoms with Crippen LogP contribution in [0.25, 0.3) is 0 Å². The fraction of sp³-hybridized carbons (Fsp3) is 0.615. The molecule has 18 heavy (non-hydrogen) atoms. The number of carboxylic acid groups (broad SMARTS) is 1. The summed E-state index contributed by atoms with van der Waals surface area (Å²) >= 11 is 0. The molecule has 2 rings (SSSR count). The van der Waals surface area contributed by atoms with Gasteiger partial charge < -0.3 is 19.9 Å². The van der Waals surface area contributed by atoms with Gasteiger partial charge in [-0.15, -0.1) is 0 Å². The second-order valence-electron chi connectivity index (χ2n) is 4.90. The maximum absolute atomic E-state index is 10.7. The molecule has 1 aromatic rings. The molecule has 0 spiro atoms. The van der Waals surface area contributed by atoms with Crippen LogP contribution < -0.4 is 5.32 Å². The van der Waals surface area contributed by atoms with Crippen molar-refractivity contribution < 1.29 is 19.4 Å². The molecule has 1 aliphatic rings. The van der Waals surface area contributed by atoms with E-state index in [-0.39, 0.29) is 17.9 Å². The maximum Gasteiger partial charge on any atom is 0.371 e. The first kappa shape index (κ1) is 13.1. The minimum Gasteiger partial charge on any atom is -0.475 e. The van der Waals surface area contributed by atoms with E-state index in [9.17, 15) is 9.90 Å². The van der Waals surface area contributed by atoms with Gasteiger partial charge in [-0.25, -0.2) is 4.79 Å². The van der Waals surface area contributed by atoms with Gasteiger partial charge >= 0.3 is 5.97 Å². The molecule has 0 bridgehead atoms. The molecule has 0 radical (unpaired) electrons. The van der Waals surface area contributed by atoms with Gasteiger partial charge in [0.15, 0.2) is 0 Å². The van der Waals surface area contributed by atoms with Crippen molar-refractivity contribution in [1.82, 2.24) is 5.32 Å². The van der Waals surface area contributed by atoms with Gasteiger partial charge in [0.25, 0.3) is 0 Å². The number of aromatic carboxylic acids is 1. The smallest absolute Gasteiger partial charge is 0.371 e. The SMILES string of the molecule is CC(NCC1CCCC1O)c1ccc(C(=O)O)o1. The number of hydrogen-bond acceptors (Lipinski definition) is 4. The predicted molar refractivity (Wildman–Crippen MR) is 65.4 cm³/mol. The average Bonchev–Trinajstić information content (AvgIpc) is 2.94. The van der Waals surface area contributed by atoms with E-state index in [1.54, 1.807) is 6.07 Å². The van der Waals surface area contributed by atoms with E-state index in [0.717, 1.165) is 25.8 Å². The highest BCUT2D eigenvalue weighted by atomic mass is 16.4. The Labute approximate surface area is 106 Å². The molecule has 1 heterocycles.